The Bertz CT molecular complexity index is 1080. The summed E-state index contributed by atoms with van der Waals surface area (Å²) in [6, 6.07) is 4.15. The summed E-state index contributed by atoms with van der Waals surface area (Å²) in [5, 5.41) is 15.9. The maximum Gasteiger partial charge on any atom is 0.221 e. The van der Waals surface area contributed by atoms with E-state index >= 15 is 0 Å². The number of hydrogen-bond acceptors (Lipinski definition) is 6. The van der Waals surface area contributed by atoms with Crippen molar-refractivity contribution in [1.82, 2.24) is 10.6 Å². The van der Waals surface area contributed by atoms with Crippen molar-refractivity contribution in [3.63, 3.8) is 0 Å². The zero-order valence-corrected chi connectivity index (χ0v) is 24.2. The van der Waals surface area contributed by atoms with Crippen LogP contribution in [0.5, 0.6) is 5.75 Å². The van der Waals surface area contributed by atoms with Crippen LogP contribution in [0.25, 0.3) is 0 Å². The van der Waals surface area contributed by atoms with Crippen molar-refractivity contribution in [1.29, 1.82) is 0 Å². The third-order valence-corrected chi connectivity index (χ3v) is 8.66. The number of Topliss-reactive ketones (excluding diaryl/α,β-unsaturated/α-hetero) is 1. The van der Waals surface area contributed by atoms with E-state index in [4.69, 9.17) is 4.74 Å². The van der Waals surface area contributed by atoms with Crippen LogP contribution in [0.4, 0.5) is 0 Å². The van der Waals surface area contributed by atoms with Crippen LogP contribution in [-0.4, -0.2) is 49.6 Å². The zero-order valence-electron chi connectivity index (χ0n) is 23.4. The zero-order chi connectivity index (χ0) is 27.2. The normalized spacial score (nSPS) is 15.2. The van der Waals surface area contributed by atoms with E-state index in [-0.39, 0.29) is 24.8 Å². The van der Waals surface area contributed by atoms with Gasteiger partial charge in [0.2, 0.25) is 5.91 Å². The Balaban J connectivity index is 1.57. The monoisotopic (exact) mass is 528 g/mol. The number of thiophene rings is 1. The number of benzene rings is 1. The van der Waals surface area contributed by atoms with Crippen LogP contribution in [0.15, 0.2) is 12.1 Å². The van der Waals surface area contributed by atoms with Crippen LogP contribution in [0, 0.1) is 19.3 Å². The number of hydrogen-bond donors (Lipinski definition) is 3. The van der Waals surface area contributed by atoms with Gasteiger partial charge in [-0.1, -0.05) is 32.9 Å². The van der Waals surface area contributed by atoms with Crippen molar-refractivity contribution in [3.05, 3.63) is 49.7 Å². The molecule has 1 amide bonds. The molecular formula is C30H44N2O4S. The Morgan fingerprint density at radius 2 is 1.86 bits per heavy atom. The Labute approximate surface area is 226 Å². The number of aliphatic hydroxyl groups is 1. The maximum absolute atomic E-state index is 13.3. The lowest BCUT2D eigenvalue weighted by Crippen LogP contribution is -2.36. The van der Waals surface area contributed by atoms with Crippen molar-refractivity contribution in [2.24, 2.45) is 5.41 Å². The molecule has 0 aliphatic heterocycles. The molecule has 1 unspecified atom stereocenters. The molecule has 0 saturated carbocycles. The number of ether oxygens (including phenoxy) is 1. The molecule has 1 heterocycles. The first-order valence-electron chi connectivity index (χ1n) is 13.5. The molecule has 0 saturated heterocycles. The van der Waals surface area contributed by atoms with Crippen molar-refractivity contribution in [2.75, 3.05) is 26.7 Å². The summed E-state index contributed by atoms with van der Waals surface area (Å²) >= 11 is 1.72. The molecule has 0 spiro atoms. The summed E-state index contributed by atoms with van der Waals surface area (Å²) in [4.78, 5) is 27.4. The number of rotatable bonds is 13. The molecule has 0 bridgehead atoms. The fourth-order valence-corrected chi connectivity index (χ4v) is 6.42. The molecule has 0 fully saturated rings. The number of carbonyl (C=O) groups excluding carboxylic acids is 2. The van der Waals surface area contributed by atoms with Gasteiger partial charge in [0.1, 0.15) is 18.5 Å². The Hall–Kier alpha value is -2.22. The summed E-state index contributed by atoms with van der Waals surface area (Å²) in [5.41, 5.74) is 6.16. The average Bonchev–Trinajstić information content (AvgIpc) is 3.20. The van der Waals surface area contributed by atoms with E-state index in [9.17, 15) is 14.7 Å². The minimum Gasteiger partial charge on any atom is -0.490 e. The van der Waals surface area contributed by atoms with Crippen molar-refractivity contribution in [3.8, 4) is 5.75 Å². The standard InChI is InChI=1S/C30H44N2O4S/c1-7-26-24-16-30(4,5)12-10-23(24)29(37-26)25(34)9-8-21-14-19(2)28(20(3)15-21)36-18-22(33)17-32-27(35)11-13-31-6/h14-15,22,31,33H,7-13,16-18H2,1-6H3,(H,32,35). The molecule has 1 aliphatic rings. The highest BCUT2D eigenvalue weighted by molar-refractivity contribution is 7.14. The average molecular weight is 529 g/mol. The van der Waals surface area contributed by atoms with E-state index in [1.165, 1.54) is 16.0 Å². The number of aliphatic hydroxyl groups excluding tert-OH is 1. The Kier molecular flexibility index (Phi) is 10.3. The minimum atomic E-state index is -0.787. The maximum atomic E-state index is 13.3. The van der Waals surface area contributed by atoms with Gasteiger partial charge >= 0.3 is 0 Å². The lowest BCUT2D eigenvalue weighted by Gasteiger charge is -2.30. The third kappa shape index (κ3) is 7.88. The lowest BCUT2D eigenvalue weighted by molar-refractivity contribution is -0.121. The van der Waals surface area contributed by atoms with Gasteiger partial charge in [0.25, 0.3) is 0 Å². The van der Waals surface area contributed by atoms with Crippen LogP contribution >= 0.6 is 11.3 Å². The minimum absolute atomic E-state index is 0.0996. The van der Waals surface area contributed by atoms with Gasteiger partial charge in [0.05, 0.1) is 4.88 Å². The van der Waals surface area contributed by atoms with Crippen LogP contribution in [-0.2, 0) is 30.5 Å². The second-order valence-corrected chi connectivity index (χ2v) is 12.2. The first-order chi connectivity index (χ1) is 17.5. The Morgan fingerprint density at radius 1 is 1.16 bits per heavy atom. The Morgan fingerprint density at radius 3 is 2.51 bits per heavy atom. The van der Waals surface area contributed by atoms with E-state index in [1.807, 2.05) is 13.8 Å². The largest absolute Gasteiger partial charge is 0.490 e. The lowest BCUT2D eigenvalue weighted by atomic mass is 9.74. The first kappa shape index (κ1) is 29.3. The number of carbonyl (C=O) groups is 2. The molecule has 2 aromatic rings. The summed E-state index contributed by atoms with van der Waals surface area (Å²) in [6.45, 7) is 11.7. The molecule has 1 aromatic heterocycles. The smallest absolute Gasteiger partial charge is 0.221 e. The van der Waals surface area contributed by atoms with E-state index < -0.39 is 6.10 Å². The predicted octanol–water partition coefficient (Wildman–Crippen LogP) is 4.72. The van der Waals surface area contributed by atoms with Gasteiger partial charge in [-0.15, -0.1) is 11.3 Å². The van der Waals surface area contributed by atoms with Crippen molar-refractivity contribution in [2.45, 2.75) is 85.7 Å². The van der Waals surface area contributed by atoms with E-state index in [0.717, 1.165) is 53.0 Å². The van der Waals surface area contributed by atoms with Crippen LogP contribution in [0.2, 0.25) is 0 Å². The summed E-state index contributed by atoms with van der Waals surface area (Å²) in [6.07, 6.45) is 5.00. The summed E-state index contributed by atoms with van der Waals surface area (Å²) in [5.74, 6) is 0.909. The molecule has 6 nitrogen and oxygen atoms in total. The highest BCUT2D eigenvalue weighted by atomic mass is 32.1. The highest BCUT2D eigenvalue weighted by Gasteiger charge is 2.31. The quantitative estimate of drug-likeness (QED) is 0.328. The molecule has 3 N–H and O–H groups in total. The second kappa shape index (κ2) is 13.0. The van der Waals surface area contributed by atoms with Gasteiger partial charge in [-0.3, -0.25) is 9.59 Å². The third-order valence-electron chi connectivity index (χ3n) is 7.20. The SMILES string of the molecule is CCc1sc(C(=O)CCc2cc(C)c(OCC(O)CNC(=O)CCNC)c(C)c2)c2c1CC(C)(C)CC2. The van der Waals surface area contributed by atoms with Gasteiger partial charge in [0.15, 0.2) is 5.78 Å². The number of aryl methyl sites for hydroxylation is 4. The van der Waals surface area contributed by atoms with Gasteiger partial charge in [0, 0.05) is 30.8 Å². The predicted molar refractivity (Wildman–Crippen MR) is 151 cm³/mol. The molecular weight excluding hydrogens is 484 g/mol. The van der Waals surface area contributed by atoms with Gasteiger partial charge in [-0.2, -0.15) is 0 Å². The first-order valence-corrected chi connectivity index (χ1v) is 14.3. The van der Waals surface area contributed by atoms with Crippen molar-refractivity contribution < 1.29 is 19.4 Å². The van der Waals surface area contributed by atoms with Crippen LogP contribution < -0.4 is 15.4 Å². The molecule has 204 valence electrons. The van der Waals surface area contributed by atoms with E-state index in [2.05, 4.69) is 43.5 Å². The molecule has 0 radical (unpaired) electrons. The van der Waals surface area contributed by atoms with E-state index in [0.29, 0.717) is 31.2 Å². The second-order valence-electron chi connectivity index (χ2n) is 11.1. The van der Waals surface area contributed by atoms with Gasteiger partial charge in [-0.05, 0) is 86.2 Å². The number of ketones is 1. The van der Waals surface area contributed by atoms with E-state index in [1.54, 1.807) is 18.4 Å². The molecule has 1 aliphatic carbocycles. The van der Waals surface area contributed by atoms with Crippen LogP contribution in [0.3, 0.4) is 0 Å². The highest BCUT2D eigenvalue weighted by Crippen LogP contribution is 2.42. The van der Waals surface area contributed by atoms with Crippen molar-refractivity contribution >= 4 is 23.0 Å². The fourth-order valence-electron chi connectivity index (χ4n) is 5.14. The van der Waals surface area contributed by atoms with Gasteiger partial charge < -0.3 is 20.5 Å². The molecule has 1 aromatic carbocycles. The molecule has 1 atom stereocenters. The fraction of sp³-hybridized carbons (Fsp3) is 0.600. The molecule has 3 rings (SSSR count). The van der Waals surface area contributed by atoms with Crippen LogP contribution in [0.1, 0.15) is 82.4 Å². The summed E-state index contributed by atoms with van der Waals surface area (Å²) < 4.78 is 5.91. The molecule has 37 heavy (non-hydrogen) atoms. The number of amides is 1. The number of fused-ring (bicyclic) bond motifs is 1. The van der Waals surface area contributed by atoms with Gasteiger partial charge in [-0.25, -0.2) is 0 Å². The number of nitrogens with one attached hydrogen (secondary N) is 2. The molecule has 7 heteroatoms. The summed E-state index contributed by atoms with van der Waals surface area (Å²) in [7, 11) is 1.79. The topological polar surface area (TPSA) is 87.7 Å².